The van der Waals surface area contributed by atoms with Crippen LogP contribution in [0.5, 0.6) is 0 Å². The molecule has 0 bridgehead atoms. The van der Waals surface area contributed by atoms with Gasteiger partial charge in [-0.1, -0.05) is 34.1 Å². The Kier molecular flexibility index (Phi) is 5.26. The SMILES string of the molecule is COC(=O)[C@H](NCc1cccnc1)c1cccc(Br)c1. The van der Waals surface area contributed by atoms with E-state index in [-0.39, 0.29) is 5.97 Å². The molecule has 1 aromatic heterocycles. The van der Waals surface area contributed by atoms with Crippen molar-refractivity contribution in [1.82, 2.24) is 10.3 Å². The maximum Gasteiger partial charge on any atom is 0.327 e. The van der Waals surface area contributed by atoms with Gasteiger partial charge in [-0.15, -0.1) is 0 Å². The summed E-state index contributed by atoms with van der Waals surface area (Å²) in [5.74, 6) is -0.313. The Bertz CT molecular complexity index is 575. The second kappa shape index (κ2) is 7.17. The first-order valence-corrected chi connectivity index (χ1v) is 6.95. The number of aromatic nitrogens is 1. The number of carbonyl (C=O) groups is 1. The summed E-state index contributed by atoms with van der Waals surface area (Å²) in [6.07, 6.45) is 3.48. The molecule has 2 rings (SSSR count). The van der Waals surface area contributed by atoms with Crippen LogP contribution in [0.4, 0.5) is 0 Å². The molecule has 2 aromatic rings. The number of ether oxygens (including phenoxy) is 1. The number of methoxy groups -OCH3 is 1. The molecule has 1 heterocycles. The summed E-state index contributed by atoms with van der Waals surface area (Å²) >= 11 is 3.41. The van der Waals surface area contributed by atoms with Gasteiger partial charge in [0.15, 0.2) is 0 Å². The van der Waals surface area contributed by atoms with Gasteiger partial charge >= 0.3 is 5.97 Å². The first-order chi connectivity index (χ1) is 9.70. The number of pyridine rings is 1. The molecule has 20 heavy (non-hydrogen) atoms. The summed E-state index contributed by atoms with van der Waals surface area (Å²) in [5.41, 5.74) is 1.87. The minimum Gasteiger partial charge on any atom is -0.468 e. The average molecular weight is 335 g/mol. The zero-order valence-electron chi connectivity index (χ0n) is 11.0. The minimum absolute atomic E-state index is 0.313. The van der Waals surface area contributed by atoms with Crippen molar-refractivity contribution in [3.05, 3.63) is 64.4 Å². The van der Waals surface area contributed by atoms with Gasteiger partial charge in [-0.05, 0) is 29.3 Å². The Morgan fingerprint density at radius 1 is 1.40 bits per heavy atom. The van der Waals surface area contributed by atoms with Crippen molar-refractivity contribution >= 4 is 21.9 Å². The lowest BCUT2D eigenvalue weighted by molar-refractivity contribution is -0.143. The van der Waals surface area contributed by atoms with Crippen LogP contribution in [0.3, 0.4) is 0 Å². The largest absolute Gasteiger partial charge is 0.468 e. The van der Waals surface area contributed by atoms with Gasteiger partial charge in [0.25, 0.3) is 0 Å². The lowest BCUT2D eigenvalue weighted by Gasteiger charge is -2.17. The molecule has 1 atom stereocenters. The average Bonchev–Trinajstić information content (AvgIpc) is 2.48. The van der Waals surface area contributed by atoms with Crippen LogP contribution in [0.25, 0.3) is 0 Å². The Hall–Kier alpha value is -1.72. The number of halogens is 1. The van der Waals surface area contributed by atoms with Crippen molar-refractivity contribution in [3.8, 4) is 0 Å². The molecular formula is C15H15BrN2O2. The second-order valence-electron chi connectivity index (χ2n) is 4.25. The highest BCUT2D eigenvalue weighted by molar-refractivity contribution is 9.10. The van der Waals surface area contributed by atoms with E-state index in [1.807, 2.05) is 36.4 Å². The van der Waals surface area contributed by atoms with Crippen LogP contribution in [-0.2, 0) is 16.1 Å². The monoisotopic (exact) mass is 334 g/mol. The first kappa shape index (κ1) is 14.7. The zero-order chi connectivity index (χ0) is 14.4. The fourth-order valence-corrected chi connectivity index (χ4v) is 2.28. The van der Waals surface area contributed by atoms with Crippen LogP contribution in [-0.4, -0.2) is 18.1 Å². The minimum atomic E-state index is -0.502. The van der Waals surface area contributed by atoms with E-state index in [9.17, 15) is 4.79 Å². The first-order valence-electron chi connectivity index (χ1n) is 6.16. The molecule has 0 radical (unpaired) electrons. The molecule has 5 heteroatoms. The third-order valence-electron chi connectivity index (χ3n) is 2.85. The zero-order valence-corrected chi connectivity index (χ0v) is 12.6. The number of benzene rings is 1. The predicted octanol–water partition coefficient (Wildman–Crippen LogP) is 2.85. The molecule has 0 aliphatic carbocycles. The van der Waals surface area contributed by atoms with Crippen LogP contribution in [0, 0.1) is 0 Å². The van der Waals surface area contributed by atoms with Gasteiger partial charge in [-0.25, -0.2) is 4.79 Å². The maximum atomic E-state index is 11.9. The van der Waals surface area contributed by atoms with E-state index in [4.69, 9.17) is 4.74 Å². The van der Waals surface area contributed by atoms with Crippen molar-refractivity contribution in [2.45, 2.75) is 12.6 Å². The van der Waals surface area contributed by atoms with Crippen molar-refractivity contribution in [3.63, 3.8) is 0 Å². The highest BCUT2D eigenvalue weighted by Gasteiger charge is 2.20. The van der Waals surface area contributed by atoms with Gasteiger partial charge in [-0.3, -0.25) is 10.3 Å². The second-order valence-corrected chi connectivity index (χ2v) is 5.17. The van der Waals surface area contributed by atoms with Crippen LogP contribution < -0.4 is 5.32 Å². The van der Waals surface area contributed by atoms with E-state index in [2.05, 4.69) is 26.2 Å². The molecule has 4 nitrogen and oxygen atoms in total. The fourth-order valence-electron chi connectivity index (χ4n) is 1.86. The topological polar surface area (TPSA) is 51.2 Å². The molecule has 0 aliphatic rings. The van der Waals surface area contributed by atoms with Crippen LogP contribution >= 0.6 is 15.9 Å². The maximum absolute atomic E-state index is 11.9. The number of carbonyl (C=O) groups excluding carboxylic acids is 1. The summed E-state index contributed by atoms with van der Waals surface area (Å²) in [5, 5.41) is 3.19. The predicted molar refractivity (Wildman–Crippen MR) is 80.0 cm³/mol. The van der Waals surface area contributed by atoms with E-state index in [0.29, 0.717) is 6.54 Å². The molecule has 104 valence electrons. The van der Waals surface area contributed by atoms with Gasteiger partial charge in [0.05, 0.1) is 7.11 Å². The van der Waals surface area contributed by atoms with E-state index in [1.165, 1.54) is 7.11 Å². The normalized spacial score (nSPS) is 11.9. The van der Waals surface area contributed by atoms with Crippen molar-refractivity contribution < 1.29 is 9.53 Å². The highest BCUT2D eigenvalue weighted by atomic mass is 79.9. The summed E-state index contributed by atoms with van der Waals surface area (Å²) < 4.78 is 5.79. The van der Waals surface area contributed by atoms with Gasteiger partial charge < -0.3 is 4.74 Å². The molecule has 0 unspecified atom stereocenters. The highest BCUT2D eigenvalue weighted by Crippen LogP contribution is 2.19. The third-order valence-corrected chi connectivity index (χ3v) is 3.35. The molecule has 1 aromatic carbocycles. The van der Waals surface area contributed by atoms with E-state index in [0.717, 1.165) is 15.6 Å². The summed E-state index contributed by atoms with van der Waals surface area (Å²) in [6.45, 7) is 0.542. The van der Waals surface area contributed by atoms with Crippen LogP contribution in [0.1, 0.15) is 17.2 Å². The number of esters is 1. The number of hydrogen-bond acceptors (Lipinski definition) is 4. The van der Waals surface area contributed by atoms with Crippen LogP contribution in [0.2, 0.25) is 0 Å². The standard InChI is InChI=1S/C15H15BrN2O2/c1-20-15(19)14(12-5-2-6-13(16)8-12)18-10-11-4-3-7-17-9-11/h2-9,14,18H,10H2,1H3/t14-/m1/s1. The number of nitrogens with one attached hydrogen (secondary N) is 1. The number of nitrogens with zero attached hydrogens (tertiary/aromatic N) is 1. The molecule has 0 spiro atoms. The smallest absolute Gasteiger partial charge is 0.327 e. The molecule has 0 fully saturated rings. The van der Waals surface area contributed by atoms with Gasteiger partial charge in [0.2, 0.25) is 0 Å². The lowest BCUT2D eigenvalue weighted by atomic mass is 10.1. The quantitative estimate of drug-likeness (QED) is 0.854. The van der Waals surface area contributed by atoms with Crippen molar-refractivity contribution in [1.29, 1.82) is 0 Å². The summed E-state index contributed by atoms with van der Waals surface area (Å²) in [7, 11) is 1.39. The third kappa shape index (κ3) is 3.88. The van der Waals surface area contributed by atoms with Crippen LogP contribution in [0.15, 0.2) is 53.3 Å². The van der Waals surface area contributed by atoms with Gasteiger partial charge in [0, 0.05) is 23.4 Å². The molecule has 0 saturated carbocycles. The number of rotatable bonds is 5. The summed E-state index contributed by atoms with van der Waals surface area (Å²) in [4.78, 5) is 16.0. The van der Waals surface area contributed by atoms with Gasteiger partial charge in [-0.2, -0.15) is 0 Å². The molecule has 0 amide bonds. The summed E-state index contributed by atoms with van der Waals surface area (Å²) in [6, 6.07) is 10.9. The Labute approximate surface area is 126 Å². The fraction of sp³-hybridized carbons (Fsp3) is 0.200. The van der Waals surface area contributed by atoms with Crippen molar-refractivity contribution in [2.75, 3.05) is 7.11 Å². The van der Waals surface area contributed by atoms with E-state index >= 15 is 0 Å². The lowest BCUT2D eigenvalue weighted by Crippen LogP contribution is -2.29. The number of hydrogen-bond donors (Lipinski definition) is 1. The Morgan fingerprint density at radius 3 is 2.90 bits per heavy atom. The Balaban J connectivity index is 2.14. The molecular weight excluding hydrogens is 320 g/mol. The van der Waals surface area contributed by atoms with E-state index < -0.39 is 6.04 Å². The van der Waals surface area contributed by atoms with Crippen molar-refractivity contribution in [2.24, 2.45) is 0 Å². The van der Waals surface area contributed by atoms with Gasteiger partial charge in [0.1, 0.15) is 6.04 Å². The molecule has 0 saturated heterocycles. The Morgan fingerprint density at radius 2 is 2.25 bits per heavy atom. The molecule has 1 N–H and O–H groups in total. The van der Waals surface area contributed by atoms with E-state index in [1.54, 1.807) is 12.4 Å². The molecule has 0 aliphatic heterocycles.